The number of carbonyl (C=O) groups is 3. The molecule has 0 aliphatic rings. The molecule has 6 heteroatoms. The zero-order valence-corrected chi connectivity index (χ0v) is 14.1. The number of rotatable bonds is 5. The van der Waals surface area contributed by atoms with E-state index in [2.05, 4.69) is 10.6 Å². The number of carbonyl (C=O) groups excluding carboxylic acids is 3. The lowest BCUT2D eigenvalue weighted by Crippen LogP contribution is -2.45. The van der Waals surface area contributed by atoms with Gasteiger partial charge in [-0.25, -0.2) is 0 Å². The van der Waals surface area contributed by atoms with Crippen molar-refractivity contribution in [3.05, 3.63) is 0 Å². The number of esters is 1. The third-order valence-corrected chi connectivity index (χ3v) is 2.91. The normalized spacial score (nSPS) is 12.0. The minimum Gasteiger partial charge on any atom is -0.469 e. The highest BCUT2D eigenvalue weighted by molar-refractivity contribution is 5.83. The van der Waals surface area contributed by atoms with E-state index in [1.807, 2.05) is 0 Å². The van der Waals surface area contributed by atoms with Gasteiger partial charge in [0.2, 0.25) is 11.8 Å². The molecule has 0 atom stereocenters. The fourth-order valence-electron chi connectivity index (χ4n) is 1.37. The molecule has 0 aliphatic carbocycles. The van der Waals surface area contributed by atoms with Crippen LogP contribution in [0, 0.1) is 16.7 Å². The largest absolute Gasteiger partial charge is 0.469 e. The van der Waals surface area contributed by atoms with Crippen LogP contribution in [0.15, 0.2) is 0 Å². The first-order valence-corrected chi connectivity index (χ1v) is 7.04. The van der Waals surface area contributed by atoms with E-state index in [4.69, 9.17) is 4.74 Å². The van der Waals surface area contributed by atoms with Gasteiger partial charge in [0.05, 0.1) is 13.0 Å². The summed E-state index contributed by atoms with van der Waals surface area (Å²) in [4.78, 5) is 35.4. The van der Waals surface area contributed by atoms with Gasteiger partial charge in [0.25, 0.3) is 0 Å². The Morgan fingerprint density at radius 1 is 0.857 bits per heavy atom. The average molecular weight is 300 g/mol. The summed E-state index contributed by atoms with van der Waals surface area (Å²) in [7, 11) is 1.28. The molecular formula is C15H28N2O4. The van der Waals surface area contributed by atoms with Gasteiger partial charge < -0.3 is 15.4 Å². The lowest BCUT2D eigenvalue weighted by Gasteiger charge is -2.23. The van der Waals surface area contributed by atoms with Crippen LogP contribution in [0.3, 0.4) is 0 Å². The van der Waals surface area contributed by atoms with E-state index in [1.54, 1.807) is 41.5 Å². The SMILES string of the molecule is COC(=O)C(CNC(=O)C(C)(C)C)CNC(=O)C(C)(C)C. The molecule has 0 aromatic carbocycles. The number of methoxy groups -OCH3 is 1. The van der Waals surface area contributed by atoms with Gasteiger partial charge in [0.15, 0.2) is 0 Å². The van der Waals surface area contributed by atoms with Crippen LogP contribution in [0.4, 0.5) is 0 Å². The van der Waals surface area contributed by atoms with E-state index >= 15 is 0 Å². The first-order chi connectivity index (χ1) is 9.39. The van der Waals surface area contributed by atoms with Gasteiger partial charge in [-0.3, -0.25) is 14.4 Å². The molecule has 0 saturated heterocycles. The molecule has 0 saturated carbocycles. The van der Waals surface area contributed by atoms with Crippen LogP contribution in [0.2, 0.25) is 0 Å². The molecule has 0 fully saturated rings. The highest BCUT2D eigenvalue weighted by atomic mass is 16.5. The summed E-state index contributed by atoms with van der Waals surface area (Å²) in [5.74, 6) is -1.37. The van der Waals surface area contributed by atoms with Crippen molar-refractivity contribution in [1.29, 1.82) is 0 Å². The minimum atomic E-state index is -0.604. The second-order valence-corrected chi connectivity index (χ2v) is 7.14. The summed E-state index contributed by atoms with van der Waals surface area (Å²) in [6.45, 7) is 11.0. The molecule has 0 aliphatic heterocycles. The van der Waals surface area contributed by atoms with Crippen LogP contribution < -0.4 is 10.6 Å². The molecular weight excluding hydrogens is 272 g/mol. The Bertz CT molecular complexity index is 361. The van der Waals surface area contributed by atoms with Gasteiger partial charge in [-0.15, -0.1) is 0 Å². The highest BCUT2D eigenvalue weighted by Crippen LogP contribution is 2.14. The standard InChI is InChI=1S/C15H28N2O4/c1-14(2,3)12(19)16-8-10(11(18)21-7)9-17-13(20)15(4,5)6/h10H,8-9H2,1-7H3,(H,16,19)(H,17,20). The number of ether oxygens (including phenoxy) is 1. The first kappa shape index (κ1) is 19.4. The molecule has 21 heavy (non-hydrogen) atoms. The van der Waals surface area contributed by atoms with Crippen molar-refractivity contribution in [3.8, 4) is 0 Å². The Hall–Kier alpha value is -1.59. The molecule has 0 aromatic rings. The predicted octanol–water partition coefficient (Wildman–Crippen LogP) is 1.10. The molecule has 2 N–H and O–H groups in total. The fraction of sp³-hybridized carbons (Fsp3) is 0.800. The average Bonchev–Trinajstić information content (AvgIpc) is 2.34. The van der Waals surface area contributed by atoms with Gasteiger partial charge in [-0.05, 0) is 0 Å². The van der Waals surface area contributed by atoms with Crippen molar-refractivity contribution in [3.63, 3.8) is 0 Å². The van der Waals surface area contributed by atoms with E-state index in [0.29, 0.717) is 0 Å². The van der Waals surface area contributed by atoms with Crippen LogP contribution in [-0.4, -0.2) is 38.0 Å². The summed E-state index contributed by atoms with van der Waals surface area (Å²) < 4.78 is 4.71. The van der Waals surface area contributed by atoms with Gasteiger partial charge in [-0.1, -0.05) is 41.5 Å². The van der Waals surface area contributed by atoms with Gasteiger partial charge in [0.1, 0.15) is 0 Å². The molecule has 0 rings (SSSR count). The molecule has 0 aromatic heterocycles. The molecule has 6 nitrogen and oxygen atoms in total. The molecule has 0 spiro atoms. The molecule has 0 radical (unpaired) electrons. The Labute approximate surface area is 127 Å². The van der Waals surface area contributed by atoms with Crippen molar-refractivity contribution < 1.29 is 19.1 Å². The van der Waals surface area contributed by atoms with E-state index in [-0.39, 0.29) is 24.9 Å². The Morgan fingerprint density at radius 3 is 1.43 bits per heavy atom. The topological polar surface area (TPSA) is 84.5 Å². The number of nitrogens with one attached hydrogen (secondary N) is 2. The summed E-state index contributed by atoms with van der Waals surface area (Å²) in [6, 6.07) is 0. The van der Waals surface area contributed by atoms with Crippen LogP contribution in [0.1, 0.15) is 41.5 Å². The van der Waals surface area contributed by atoms with Crippen LogP contribution >= 0.6 is 0 Å². The predicted molar refractivity (Wildman–Crippen MR) is 80.4 cm³/mol. The van der Waals surface area contributed by atoms with Crippen molar-refractivity contribution in [2.45, 2.75) is 41.5 Å². The maximum Gasteiger partial charge on any atom is 0.312 e. The van der Waals surface area contributed by atoms with Crippen LogP contribution in [-0.2, 0) is 19.1 Å². The lowest BCUT2D eigenvalue weighted by molar-refractivity contribution is -0.145. The first-order valence-electron chi connectivity index (χ1n) is 7.04. The minimum absolute atomic E-state index is 0.132. The van der Waals surface area contributed by atoms with E-state index in [0.717, 1.165) is 0 Å². The second-order valence-electron chi connectivity index (χ2n) is 7.14. The lowest BCUT2D eigenvalue weighted by atomic mass is 9.94. The molecule has 2 amide bonds. The summed E-state index contributed by atoms with van der Waals surface area (Å²) >= 11 is 0. The quantitative estimate of drug-likeness (QED) is 0.745. The number of amides is 2. The van der Waals surface area contributed by atoms with Crippen molar-refractivity contribution in [2.24, 2.45) is 16.7 Å². The summed E-state index contributed by atoms with van der Waals surface area (Å²) in [5.41, 5.74) is -1.06. The van der Waals surface area contributed by atoms with Crippen LogP contribution in [0.5, 0.6) is 0 Å². The molecule has 0 bridgehead atoms. The zero-order chi connectivity index (χ0) is 16.8. The summed E-state index contributed by atoms with van der Waals surface area (Å²) in [6.07, 6.45) is 0. The number of hydrogen-bond acceptors (Lipinski definition) is 4. The maximum absolute atomic E-state index is 11.8. The van der Waals surface area contributed by atoms with Crippen molar-refractivity contribution in [1.82, 2.24) is 10.6 Å². The molecule has 0 unspecified atom stereocenters. The summed E-state index contributed by atoms with van der Waals surface area (Å²) in [5, 5.41) is 5.42. The highest BCUT2D eigenvalue weighted by Gasteiger charge is 2.27. The van der Waals surface area contributed by atoms with E-state index in [1.165, 1.54) is 7.11 Å². The Morgan fingerprint density at radius 2 is 1.19 bits per heavy atom. The van der Waals surface area contributed by atoms with Crippen molar-refractivity contribution >= 4 is 17.8 Å². The van der Waals surface area contributed by atoms with E-state index in [9.17, 15) is 14.4 Å². The number of hydrogen-bond donors (Lipinski definition) is 2. The Kier molecular flexibility index (Phi) is 6.86. The van der Waals surface area contributed by atoms with Crippen molar-refractivity contribution in [2.75, 3.05) is 20.2 Å². The Balaban J connectivity index is 4.59. The third-order valence-electron chi connectivity index (χ3n) is 2.91. The molecule has 0 heterocycles. The van der Waals surface area contributed by atoms with Crippen LogP contribution in [0.25, 0.3) is 0 Å². The van der Waals surface area contributed by atoms with Gasteiger partial charge in [0, 0.05) is 23.9 Å². The smallest absolute Gasteiger partial charge is 0.312 e. The third kappa shape index (κ3) is 7.11. The van der Waals surface area contributed by atoms with Gasteiger partial charge >= 0.3 is 5.97 Å². The van der Waals surface area contributed by atoms with Gasteiger partial charge in [-0.2, -0.15) is 0 Å². The zero-order valence-electron chi connectivity index (χ0n) is 14.1. The maximum atomic E-state index is 11.8. The molecule has 122 valence electrons. The second kappa shape index (κ2) is 7.43. The van der Waals surface area contributed by atoms with E-state index < -0.39 is 22.7 Å². The monoisotopic (exact) mass is 300 g/mol. The fourth-order valence-corrected chi connectivity index (χ4v) is 1.37.